The van der Waals surface area contributed by atoms with E-state index in [1.165, 1.54) is 10.6 Å². The zero-order chi connectivity index (χ0) is 17.5. The summed E-state index contributed by atoms with van der Waals surface area (Å²) < 4.78 is 5.20. The Balaban J connectivity index is 1.45. The van der Waals surface area contributed by atoms with E-state index in [4.69, 9.17) is 4.74 Å². The molecule has 2 aromatic rings. The number of rotatable bonds is 5. The molecule has 0 bridgehead atoms. The van der Waals surface area contributed by atoms with E-state index in [1.807, 2.05) is 30.5 Å². The number of benzene rings is 1. The standard InChI is InChI=1S/C19H26N4OS/c1-20-19(21-10-9-16-5-7-17(24-2)8-6-16)23-13-11-22(12-14-23)18-4-3-15-25-18/h3-8,15H,9-14H2,1-2H3,(H,20,21). The minimum absolute atomic E-state index is 0.879. The maximum Gasteiger partial charge on any atom is 0.193 e. The molecule has 3 rings (SSSR count). The number of hydrogen-bond acceptors (Lipinski definition) is 4. The van der Waals surface area contributed by atoms with Crippen LogP contribution in [0.2, 0.25) is 0 Å². The molecule has 0 radical (unpaired) electrons. The maximum absolute atomic E-state index is 5.20. The zero-order valence-electron chi connectivity index (χ0n) is 14.9. The third-order valence-corrected chi connectivity index (χ3v) is 5.39. The predicted octanol–water partition coefficient (Wildman–Crippen LogP) is 2.70. The lowest BCUT2D eigenvalue weighted by atomic mass is 10.1. The van der Waals surface area contributed by atoms with Crippen molar-refractivity contribution >= 4 is 22.3 Å². The number of hydrogen-bond donors (Lipinski definition) is 1. The van der Waals surface area contributed by atoms with Crippen molar-refractivity contribution in [3.8, 4) is 5.75 Å². The van der Waals surface area contributed by atoms with Gasteiger partial charge in [-0.2, -0.15) is 0 Å². The van der Waals surface area contributed by atoms with Gasteiger partial charge < -0.3 is 19.9 Å². The molecule has 0 saturated carbocycles. The first-order valence-corrected chi connectivity index (χ1v) is 9.55. The van der Waals surface area contributed by atoms with Gasteiger partial charge in [0.25, 0.3) is 0 Å². The van der Waals surface area contributed by atoms with E-state index in [1.54, 1.807) is 7.11 Å². The number of methoxy groups -OCH3 is 1. The van der Waals surface area contributed by atoms with Gasteiger partial charge in [0.1, 0.15) is 5.75 Å². The van der Waals surface area contributed by atoms with Crippen LogP contribution in [0, 0.1) is 0 Å². The highest BCUT2D eigenvalue weighted by Gasteiger charge is 2.20. The molecule has 1 aromatic carbocycles. The van der Waals surface area contributed by atoms with E-state index in [0.29, 0.717) is 0 Å². The molecular formula is C19H26N4OS. The molecule has 1 aliphatic rings. The molecule has 5 nitrogen and oxygen atoms in total. The van der Waals surface area contributed by atoms with E-state index < -0.39 is 0 Å². The van der Waals surface area contributed by atoms with Crippen LogP contribution in [0.15, 0.2) is 46.8 Å². The highest BCUT2D eigenvalue weighted by molar-refractivity contribution is 7.14. The molecule has 1 saturated heterocycles. The van der Waals surface area contributed by atoms with Crippen molar-refractivity contribution in [2.45, 2.75) is 6.42 Å². The fourth-order valence-corrected chi connectivity index (χ4v) is 3.82. The van der Waals surface area contributed by atoms with Crippen LogP contribution >= 0.6 is 11.3 Å². The van der Waals surface area contributed by atoms with Gasteiger partial charge in [0.15, 0.2) is 5.96 Å². The summed E-state index contributed by atoms with van der Waals surface area (Å²) >= 11 is 1.81. The van der Waals surface area contributed by atoms with E-state index >= 15 is 0 Å². The third-order valence-electron chi connectivity index (χ3n) is 4.46. The molecule has 1 aliphatic heterocycles. The number of thiophene rings is 1. The van der Waals surface area contributed by atoms with Crippen molar-refractivity contribution in [1.29, 1.82) is 0 Å². The number of nitrogens with zero attached hydrogens (tertiary/aromatic N) is 3. The van der Waals surface area contributed by atoms with Gasteiger partial charge in [0.2, 0.25) is 0 Å². The van der Waals surface area contributed by atoms with Gasteiger partial charge in [-0.15, -0.1) is 11.3 Å². The number of ether oxygens (including phenoxy) is 1. The summed E-state index contributed by atoms with van der Waals surface area (Å²) in [5.41, 5.74) is 1.30. The summed E-state index contributed by atoms with van der Waals surface area (Å²) in [5.74, 6) is 1.90. The summed E-state index contributed by atoms with van der Waals surface area (Å²) in [7, 11) is 3.56. The highest BCUT2D eigenvalue weighted by atomic mass is 32.1. The molecule has 0 aliphatic carbocycles. The van der Waals surface area contributed by atoms with Crippen molar-refractivity contribution in [2.75, 3.05) is 51.8 Å². The van der Waals surface area contributed by atoms with Crippen LogP contribution in [0.25, 0.3) is 0 Å². The number of anilines is 1. The van der Waals surface area contributed by atoms with Crippen LogP contribution in [0.1, 0.15) is 5.56 Å². The Bertz CT molecular complexity index is 661. The molecule has 2 heterocycles. The second-order valence-electron chi connectivity index (χ2n) is 6.00. The average molecular weight is 359 g/mol. The van der Waals surface area contributed by atoms with Crippen molar-refractivity contribution < 1.29 is 4.74 Å². The van der Waals surface area contributed by atoms with Crippen LogP contribution in [0.3, 0.4) is 0 Å². The predicted molar refractivity (Wildman–Crippen MR) is 106 cm³/mol. The number of guanidine groups is 1. The summed E-state index contributed by atoms with van der Waals surface area (Å²) in [6.07, 6.45) is 0.970. The Hall–Kier alpha value is -2.21. The van der Waals surface area contributed by atoms with Crippen molar-refractivity contribution in [2.24, 2.45) is 4.99 Å². The summed E-state index contributed by atoms with van der Waals surface area (Å²) in [4.78, 5) is 9.25. The van der Waals surface area contributed by atoms with Gasteiger partial charge in [-0.3, -0.25) is 4.99 Å². The third kappa shape index (κ3) is 4.66. The first-order valence-electron chi connectivity index (χ1n) is 8.67. The summed E-state index contributed by atoms with van der Waals surface area (Å²) in [5, 5.41) is 7.00. The first-order chi connectivity index (χ1) is 12.3. The van der Waals surface area contributed by atoms with E-state index in [0.717, 1.165) is 50.9 Å². The lowest BCUT2D eigenvalue weighted by molar-refractivity contribution is 0.374. The Morgan fingerprint density at radius 3 is 2.52 bits per heavy atom. The number of nitrogens with one attached hydrogen (secondary N) is 1. The molecule has 1 fully saturated rings. The molecule has 0 spiro atoms. The number of piperazine rings is 1. The second-order valence-corrected chi connectivity index (χ2v) is 6.92. The molecule has 1 aromatic heterocycles. The quantitative estimate of drug-likeness (QED) is 0.659. The van der Waals surface area contributed by atoms with Gasteiger partial charge in [-0.05, 0) is 41.6 Å². The topological polar surface area (TPSA) is 40.1 Å². The Morgan fingerprint density at radius 1 is 1.16 bits per heavy atom. The first kappa shape index (κ1) is 17.6. The lowest BCUT2D eigenvalue weighted by Crippen LogP contribution is -2.52. The zero-order valence-corrected chi connectivity index (χ0v) is 15.8. The maximum atomic E-state index is 5.20. The van der Waals surface area contributed by atoms with E-state index in [9.17, 15) is 0 Å². The van der Waals surface area contributed by atoms with E-state index in [2.05, 4.69) is 49.8 Å². The van der Waals surface area contributed by atoms with Gasteiger partial charge in [0.05, 0.1) is 12.1 Å². The fourth-order valence-electron chi connectivity index (χ4n) is 3.03. The van der Waals surface area contributed by atoms with Gasteiger partial charge >= 0.3 is 0 Å². The second kappa shape index (κ2) is 8.76. The fraction of sp³-hybridized carbons (Fsp3) is 0.421. The molecule has 0 amide bonds. The van der Waals surface area contributed by atoms with Crippen LogP contribution in [-0.4, -0.2) is 57.7 Å². The minimum Gasteiger partial charge on any atom is -0.497 e. The minimum atomic E-state index is 0.879. The van der Waals surface area contributed by atoms with Crippen LogP contribution in [-0.2, 0) is 6.42 Å². The van der Waals surface area contributed by atoms with Crippen molar-refractivity contribution in [1.82, 2.24) is 10.2 Å². The Kier molecular flexibility index (Phi) is 6.17. The average Bonchev–Trinajstić information content (AvgIpc) is 3.21. The van der Waals surface area contributed by atoms with Gasteiger partial charge in [-0.25, -0.2) is 0 Å². The summed E-state index contributed by atoms with van der Waals surface area (Å²) in [6, 6.07) is 12.6. The molecule has 25 heavy (non-hydrogen) atoms. The molecule has 6 heteroatoms. The smallest absolute Gasteiger partial charge is 0.193 e. The van der Waals surface area contributed by atoms with Gasteiger partial charge in [0, 0.05) is 39.8 Å². The largest absolute Gasteiger partial charge is 0.497 e. The Morgan fingerprint density at radius 2 is 1.92 bits per heavy atom. The normalized spacial score (nSPS) is 15.4. The van der Waals surface area contributed by atoms with Crippen molar-refractivity contribution in [3.05, 3.63) is 47.3 Å². The van der Waals surface area contributed by atoms with Crippen molar-refractivity contribution in [3.63, 3.8) is 0 Å². The molecular weight excluding hydrogens is 332 g/mol. The summed E-state index contributed by atoms with van der Waals surface area (Å²) in [6.45, 7) is 4.96. The number of aliphatic imine (C=N–C) groups is 1. The van der Waals surface area contributed by atoms with Gasteiger partial charge in [-0.1, -0.05) is 12.1 Å². The van der Waals surface area contributed by atoms with E-state index in [-0.39, 0.29) is 0 Å². The lowest BCUT2D eigenvalue weighted by Gasteiger charge is -2.37. The Labute approximate surface area is 153 Å². The monoisotopic (exact) mass is 358 g/mol. The molecule has 134 valence electrons. The highest BCUT2D eigenvalue weighted by Crippen LogP contribution is 2.22. The molecule has 0 unspecified atom stereocenters. The SMILES string of the molecule is CN=C(NCCc1ccc(OC)cc1)N1CCN(c2cccs2)CC1. The van der Waals surface area contributed by atoms with Crippen LogP contribution in [0.4, 0.5) is 5.00 Å². The van der Waals surface area contributed by atoms with Crippen LogP contribution < -0.4 is 15.0 Å². The molecule has 1 N–H and O–H groups in total. The molecule has 0 atom stereocenters. The van der Waals surface area contributed by atoms with Crippen LogP contribution in [0.5, 0.6) is 5.75 Å².